The highest BCUT2D eigenvalue weighted by atomic mass is 35.5. The van der Waals surface area contributed by atoms with Gasteiger partial charge in [-0.2, -0.15) is 0 Å². The summed E-state index contributed by atoms with van der Waals surface area (Å²) in [5.74, 6) is -0.778. The molecule has 0 radical (unpaired) electrons. The van der Waals surface area contributed by atoms with Crippen molar-refractivity contribution in [1.29, 1.82) is 0 Å². The molecule has 0 saturated carbocycles. The standard InChI is InChI=1S/C32H40ClN3O4S/c1-8-29(31(38)34-32(5,6)7)35(20-25-12-10-9-11-23(25)3)30(37)21-36(27-16-13-22(2)24(4)19-27)41(39,40)28-17-14-26(33)15-18-28/h9-19,29H,8,20-21H2,1-7H3,(H,34,38). The zero-order chi connectivity index (χ0) is 30.5. The highest BCUT2D eigenvalue weighted by Gasteiger charge is 2.34. The van der Waals surface area contributed by atoms with E-state index in [1.54, 1.807) is 12.1 Å². The van der Waals surface area contributed by atoms with E-state index in [9.17, 15) is 18.0 Å². The second-order valence-electron chi connectivity index (χ2n) is 11.3. The van der Waals surface area contributed by atoms with E-state index in [2.05, 4.69) is 5.32 Å². The molecule has 0 fully saturated rings. The number of nitrogens with zero attached hydrogens (tertiary/aromatic N) is 2. The number of aryl methyl sites for hydroxylation is 3. The molecule has 3 aromatic rings. The summed E-state index contributed by atoms with van der Waals surface area (Å²) in [5.41, 5.74) is 3.58. The molecular formula is C32H40ClN3O4S. The van der Waals surface area contributed by atoms with Gasteiger partial charge >= 0.3 is 0 Å². The van der Waals surface area contributed by atoms with Gasteiger partial charge in [-0.25, -0.2) is 8.42 Å². The minimum atomic E-state index is -4.16. The molecule has 0 aliphatic rings. The number of benzene rings is 3. The third kappa shape index (κ3) is 8.11. The fourth-order valence-electron chi connectivity index (χ4n) is 4.49. The van der Waals surface area contributed by atoms with Gasteiger partial charge in [-0.05, 0) is 107 Å². The summed E-state index contributed by atoms with van der Waals surface area (Å²) in [6.07, 6.45) is 0.354. The monoisotopic (exact) mass is 597 g/mol. The summed E-state index contributed by atoms with van der Waals surface area (Å²) in [6.45, 7) is 12.9. The van der Waals surface area contributed by atoms with E-state index in [4.69, 9.17) is 11.6 Å². The number of rotatable bonds is 10. The minimum Gasteiger partial charge on any atom is -0.350 e. The molecule has 0 bridgehead atoms. The zero-order valence-electron chi connectivity index (χ0n) is 24.9. The molecule has 9 heteroatoms. The van der Waals surface area contributed by atoms with Crippen LogP contribution in [0.3, 0.4) is 0 Å². The van der Waals surface area contributed by atoms with Crippen LogP contribution >= 0.6 is 11.6 Å². The van der Waals surface area contributed by atoms with Gasteiger partial charge in [0.25, 0.3) is 10.0 Å². The molecule has 3 rings (SSSR count). The first-order chi connectivity index (χ1) is 19.1. The highest BCUT2D eigenvalue weighted by molar-refractivity contribution is 7.92. The van der Waals surface area contributed by atoms with Gasteiger partial charge in [-0.3, -0.25) is 13.9 Å². The summed E-state index contributed by atoms with van der Waals surface area (Å²) in [6, 6.07) is 18.0. The van der Waals surface area contributed by atoms with Crippen molar-refractivity contribution in [2.75, 3.05) is 10.8 Å². The molecule has 0 aliphatic heterocycles. The molecule has 0 heterocycles. The van der Waals surface area contributed by atoms with Crippen LogP contribution in [0.5, 0.6) is 0 Å². The van der Waals surface area contributed by atoms with Gasteiger partial charge in [0, 0.05) is 17.1 Å². The van der Waals surface area contributed by atoms with E-state index >= 15 is 0 Å². The molecule has 2 amide bonds. The number of carbonyl (C=O) groups excluding carboxylic acids is 2. The first-order valence-corrected chi connectivity index (χ1v) is 15.5. The van der Waals surface area contributed by atoms with Crippen molar-refractivity contribution >= 4 is 39.1 Å². The van der Waals surface area contributed by atoms with Crippen LogP contribution in [-0.4, -0.2) is 43.3 Å². The van der Waals surface area contributed by atoms with Crippen molar-refractivity contribution < 1.29 is 18.0 Å². The van der Waals surface area contributed by atoms with Crippen LogP contribution in [0.25, 0.3) is 0 Å². The van der Waals surface area contributed by atoms with Crippen molar-refractivity contribution in [3.05, 3.63) is 94.0 Å². The van der Waals surface area contributed by atoms with Crippen LogP contribution in [0.15, 0.2) is 71.6 Å². The van der Waals surface area contributed by atoms with Crippen LogP contribution in [0.1, 0.15) is 56.4 Å². The summed E-state index contributed by atoms with van der Waals surface area (Å²) in [7, 11) is -4.16. The van der Waals surface area contributed by atoms with Crippen molar-refractivity contribution in [2.45, 2.75) is 77.9 Å². The summed E-state index contributed by atoms with van der Waals surface area (Å²) in [5, 5.41) is 3.39. The van der Waals surface area contributed by atoms with Gasteiger partial charge in [0.1, 0.15) is 12.6 Å². The van der Waals surface area contributed by atoms with E-state index in [-0.39, 0.29) is 17.3 Å². The summed E-state index contributed by atoms with van der Waals surface area (Å²) >= 11 is 6.03. The van der Waals surface area contributed by atoms with Crippen LogP contribution in [-0.2, 0) is 26.2 Å². The lowest BCUT2D eigenvalue weighted by atomic mass is 10.0. The van der Waals surface area contributed by atoms with Crippen LogP contribution in [0.2, 0.25) is 5.02 Å². The molecular weight excluding hydrogens is 558 g/mol. The number of hydrogen-bond acceptors (Lipinski definition) is 4. The van der Waals surface area contributed by atoms with Crippen LogP contribution in [0, 0.1) is 20.8 Å². The highest BCUT2D eigenvalue weighted by Crippen LogP contribution is 2.27. The molecule has 1 N–H and O–H groups in total. The van der Waals surface area contributed by atoms with E-state index in [1.807, 2.05) is 78.8 Å². The fourth-order valence-corrected chi connectivity index (χ4v) is 6.02. The zero-order valence-corrected chi connectivity index (χ0v) is 26.4. The number of nitrogens with one attached hydrogen (secondary N) is 1. The molecule has 1 unspecified atom stereocenters. The fraction of sp³-hybridized carbons (Fsp3) is 0.375. The molecule has 3 aromatic carbocycles. The Labute approximate surface area is 249 Å². The molecule has 0 saturated heterocycles. The Morgan fingerprint density at radius 1 is 0.902 bits per heavy atom. The van der Waals surface area contributed by atoms with E-state index in [0.29, 0.717) is 17.1 Å². The summed E-state index contributed by atoms with van der Waals surface area (Å²) in [4.78, 5) is 29.2. The maximum absolute atomic E-state index is 14.2. The molecule has 41 heavy (non-hydrogen) atoms. The molecule has 7 nitrogen and oxygen atoms in total. The average molecular weight is 598 g/mol. The lowest BCUT2D eigenvalue weighted by molar-refractivity contribution is -0.141. The number of amides is 2. The quantitative estimate of drug-likeness (QED) is 0.302. The third-order valence-corrected chi connectivity index (χ3v) is 8.99. The Morgan fingerprint density at radius 2 is 1.54 bits per heavy atom. The number of sulfonamides is 1. The van der Waals surface area contributed by atoms with Crippen LogP contribution in [0.4, 0.5) is 5.69 Å². The summed E-state index contributed by atoms with van der Waals surface area (Å²) < 4.78 is 29.1. The Morgan fingerprint density at radius 3 is 2.10 bits per heavy atom. The molecule has 0 spiro atoms. The number of anilines is 1. The van der Waals surface area contributed by atoms with Crippen molar-refractivity contribution in [2.24, 2.45) is 0 Å². The predicted octanol–water partition coefficient (Wildman–Crippen LogP) is 6.18. The average Bonchev–Trinajstić information content (AvgIpc) is 2.89. The van der Waals surface area contributed by atoms with Crippen LogP contribution < -0.4 is 9.62 Å². The van der Waals surface area contributed by atoms with Crippen molar-refractivity contribution in [1.82, 2.24) is 10.2 Å². The molecule has 0 aromatic heterocycles. The lowest BCUT2D eigenvalue weighted by Crippen LogP contribution is -2.55. The first kappa shape index (κ1) is 32.2. The smallest absolute Gasteiger partial charge is 0.264 e. The first-order valence-electron chi connectivity index (χ1n) is 13.7. The normalized spacial score (nSPS) is 12.5. The largest absolute Gasteiger partial charge is 0.350 e. The Bertz CT molecular complexity index is 1500. The van der Waals surface area contributed by atoms with E-state index in [1.165, 1.54) is 29.2 Å². The number of carbonyl (C=O) groups is 2. The van der Waals surface area contributed by atoms with Gasteiger partial charge < -0.3 is 10.2 Å². The molecule has 1 atom stereocenters. The second kappa shape index (κ2) is 13.1. The Balaban J connectivity index is 2.11. The van der Waals surface area contributed by atoms with Gasteiger partial charge in [-0.1, -0.05) is 48.9 Å². The predicted molar refractivity (Wildman–Crippen MR) is 166 cm³/mol. The maximum Gasteiger partial charge on any atom is 0.264 e. The Hall–Kier alpha value is -3.36. The van der Waals surface area contributed by atoms with Crippen molar-refractivity contribution in [3.8, 4) is 0 Å². The Kier molecular flexibility index (Phi) is 10.3. The van der Waals surface area contributed by atoms with Gasteiger partial charge in [-0.15, -0.1) is 0 Å². The minimum absolute atomic E-state index is 0.0101. The van der Waals surface area contributed by atoms with E-state index in [0.717, 1.165) is 26.6 Å². The molecule has 0 aliphatic carbocycles. The lowest BCUT2D eigenvalue weighted by Gasteiger charge is -2.35. The topological polar surface area (TPSA) is 86.8 Å². The van der Waals surface area contributed by atoms with E-state index < -0.39 is 34.1 Å². The van der Waals surface area contributed by atoms with Crippen molar-refractivity contribution in [3.63, 3.8) is 0 Å². The third-order valence-electron chi connectivity index (χ3n) is 6.95. The maximum atomic E-state index is 14.2. The number of hydrogen-bond donors (Lipinski definition) is 1. The SMILES string of the molecule is CCC(C(=O)NC(C)(C)C)N(Cc1ccccc1C)C(=O)CN(c1ccc(C)c(C)c1)S(=O)(=O)c1ccc(Cl)cc1. The van der Waals surface area contributed by atoms with Gasteiger partial charge in [0.2, 0.25) is 11.8 Å². The second-order valence-corrected chi connectivity index (χ2v) is 13.6. The van der Waals surface area contributed by atoms with Gasteiger partial charge in [0.15, 0.2) is 0 Å². The molecule has 220 valence electrons. The number of halogens is 1. The van der Waals surface area contributed by atoms with Gasteiger partial charge in [0.05, 0.1) is 10.6 Å².